The first-order chi connectivity index (χ1) is 9.30. The number of rotatable bonds is 5. The fourth-order valence-corrected chi connectivity index (χ4v) is 1.41. The minimum atomic E-state index is -5.00. The van der Waals surface area contributed by atoms with Crippen LogP contribution in [0.3, 0.4) is 0 Å². The lowest BCUT2D eigenvalue weighted by Crippen LogP contribution is -2.20. The predicted molar refractivity (Wildman–Crippen MR) is 58.0 cm³/mol. The number of carbonyl (C=O) groups excluding carboxylic acids is 1. The predicted octanol–water partition coefficient (Wildman–Crippen LogP) is 2.17. The summed E-state index contributed by atoms with van der Waals surface area (Å²) in [6, 6.07) is 0.824. The van der Waals surface area contributed by atoms with E-state index in [9.17, 15) is 22.4 Å². The molecule has 112 valence electrons. The Morgan fingerprint density at radius 3 is 2.45 bits per heavy atom. The maximum Gasteiger partial charge on any atom is 0.573 e. The minimum Gasteiger partial charge on any atom is -0.481 e. The summed E-state index contributed by atoms with van der Waals surface area (Å²) in [5, 5.41) is 0. The van der Waals surface area contributed by atoms with E-state index in [0.29, 0.717) is 0 Å². The van der Waals surface area contributed by atoms with Crippen LogP contribution in [0.2, 0.25) is 0 Å². The third-order valence-corrected chi connectivity index (χ3v) is 2.26. The second-order valence-corrected chi connectivity index (χ2v) is 3.52. The van der Waals surface area contributed by atoms with Gasteiger partial charge in [-0.15, -0.1) is 13.2 Å². The van der Waals surface area contributed by atoms with E-state index in [4.69, 9.17) is 0 Å². The fraction of sp³-hybridized carbons (Fsp3) is 0.455. The van der Waals surface area contributed by atoms with Gasteiger partial charge in [-0.3, -0.25) is 4.79 Å². The van der Waals surface area contributed by atoms with Crippen molar-refractivity contribution in [3.63, 3.8) is 0 Å². The molecule has 0 fully saturated rings. The molecule has 0 bridgehead atoms. The molecule has 0 N–H and O–H groups in total. The summed E-state index contributed by atoms with van der Waals surface area (Å²) in [5.41, 5.74) is -0.716. The van der Waals surface area contributed by atoms with E-state index in [0.717, 1.165) is 20.3 Å². The average molecular weight is 297 g/mol. The Hall–Kier alpha value is -2.06. The number of ether oxygens (including phenoxy) is 3. The van der Waals surface area contributed by atoms with Crippen LogP contribution in [0.15, 0.2) is 6.07 Å². The van der Waals surface area contributed by atoms with Crippen LogP contribution in [0, 0.1) is 0 Å². The van der Waals surface area contributed by atoms with Gasteiger partial charge < -0.3 is 14.2 Å². The van der Waals surface area contributed by atoms with Crippen molar-refractivity contribution in [1.29, 1.82) is 0 Å². The van der Waals surface area contributed by atoms with E-state index in [1.165, 1.54) is 0 Å². The molecule has 0 amide bonds. The van der Waals surface area contributed by atoms with Crippen LogP contribution in [0.5, 0.6) is 11.6 Å². The van der Waals surface area contributed by atoms with Crippen LogP contribution in [-0.4, -0.2) is 31.5 Å². The molecule has 0 unspecified atom stereocenters. The Bertz CT molecular complexity index is 490. The fourth-order valence-electron chi connectivity index (χ4n) is 1.41. The number of alkyl halides is 4. The van der Waals surface area contributed by atoms with Crippen molar-refractivity contribution >= 4 is 5.97 Å². The monoisotopic (exact) mass is 297 g/mol. The van der Waals surface area contributed by atoms with Crippen LogP contribution in [0.25, 0.3) is 0 Å². The van der Waals surface area contributed by atoms with Crippen LogP contribution in [-0.2, 0) is 22.6 Å². The Labute approximate surface area is 111 Å². The first kappa shape index (κ1) is 16.0. The molecule has 1 rings (SSSR count). The number of carbonyl (C=O) groups is 1. The van der Waals surface area contributed by atoms with Crippen molar-refractivity contribution in [1.82, 2.24) is 4.98 Å². The highest BCUT2D eigenvalue weighted by Gasteiger charge is 2.33. The number of halogens is 4. The second kappa shape index (κ2) is 6.40. The van der Waals surface area contributed by atoms with Gasteiger partial charge in [-0.05, 0) is 0 Å². The van der Waals surface area contributed by atoms with Crippen LogP contribution in [0.1, 0.15) is 11.3 Å². The Balaban J connectivity index is 3.30. The number of nitrogens with zero attached hydrogens (tertiary/aromatic N) is 1. The SMILES string of the molecule is COC(=O)Cc1c(OC(F)(F)F)cc(OC)nc1CF. The largest absolute Gasteiger partial charge is 0.573 e. The number of methoxy groups -OCH3 is 2. The topological polar surface area (TPSA) is 57.7 Å². The molecular weight excluding hydrogens is 286 g/mol. The van der Waals surface area contributed by atoms with Crippen molar-refractivity contribution < 1.29 is 36.6 Å². The van der Waals surface area contributed by atoms with Gasteiger partial charge in [-0.1, -0.05) is 0 Å². The average Bonchev–Trinajstić information content (AvgIpc) is 2.38. The zero-order valence-corrected chi connectivity index (χ0v) is 10.6. The molecule has 0 spiro atoms. The van der Waals surface area contributed by atoms with E-state index in [2.05, 4.69) is 19.2 Å². The summed E-state index contributed by atoms with van der Waals surface area (Å²) in [4.78, 5) is 14.8. The molecule has 0 aliphatic heterocycles. The number of pyridine rings is 1. The lowest BCUT2D eigenvalue weighted by atomic mass is 10.1. The number of aromatic nitrogens is 1. The van der Waals surface area contributed by atoms with Crippen molar-refractivity contribution in [3.05, 3.63) is 17.3 Å². The van der Waals surface area contributed by atoms with Gasteiger partial charge >= 0.3 is 12.3 Å². The third-order valence-electron chi connectivity index (χ3n) is 2.26. The van der Waals surface area contributed by atoms with E-state index < -0.39 is 31.2 Å². The van der Waals surface area contributed by atoms with Crippen LogP contribution >= 0.6 is 0 Å². The summed E-state index contributed by atoms with van der Waals surface area (Å²) in [7, 11) is 2.21. The zero-order chi connectivity index (χ0) is 15.3. The Morgan fingerprint density at radius 2 is 2.00 bits per heavy atom. The van der Waals surface area contributed by atoms with Gasteiger partial charge in [0.15, 0.2) is 0 Å². The zero-order valence-electron chi connectivity index (χ0n) is 10.6. The maximum absolute atomic E-state index is 12.9. The summed E-state index contributed by atoms with van der Waals surface area (Å²) in [5.74, 6) is -1.85. The van der Waals surface area contributed by atoms with Gasteiger partial charge in [0.1, 0.15) is 12.4 Å². The van der Waals surface area contributed by atoms with E-state index >= 15 is 0 Å². The van der Waals surface area contributed by atoms with Crippen molar-refractivity contribution in [3.8, 4) is 11.6 Å². The first-order valence-electron chi connectivity index (χ1n) is 5.26. The summed E-state index contributed by atoms with van der Waals surface area (Å²) in [6.45, 7) is -1.18. The lowest BCUT2D eigenvalue weighted by molar-refractivity contribution is -0.275. The molecule has 9 heteroatoms. The molecule has 0 saturated heterocycles. The number of esters is 1. The molecular formula is C11H11F4NO4. The minimum absolute atomic E-state index is 0.259. The van der Waals surface area contributed by atoms with Crippen molar-refractivity contribution in [2.45, 2.75) is 19.5 Å². The Kier molecular flexibility index (Phi) is 5.12. The van der Waals surface area contributed by atoms with Gasteiger partial charge in [0.2, 0.25) is 5.88 Å². The first-order valence-corrected chi connectivity index (χ1v) is 5.26. The van der Waals surface area contributed by atoms with E-state index in [1.807, 2.05) is 0 Å². The van der Waals surface area contributed by atoms with Crippen molar-refractivity contribution in [2.24, 2.45) is 0 Å². The number of hydrogen-bond donors (Lipinski definition) is 0. The highest BCUT2D eigenvalue weighted by Crippen LogP contribution is 2.32. The molecule has 0 aliphatic rings. The molecule has 0 saturated carbocycles. The molecule has 1 aromatic rings. The lowest BCUT2D eigenvalue weighted by Gasteiger charge is -2.15. The quantitative estimate of drug-likeness (QED) is 0.616. The summed E-state index contributed by atoms with van der Waals surface area (Å²) < 4.78 is 62.6. The van der Waals surface area contributed by atoms with Gasteiger partial charge in [-0.2, -0.15) is 0 Å². The molecule has 1 aromatic heterocycles. The summed E-state index contributed by atoms with van der Waals surface area (Å²) >= 11 is 0. The standard InChI is InChI=1S/C11H11F4NO4/c1-18-9-4-8(20-11(13,14)15)6(3-10(17)19-2)7(5-12)16-9/h4H,3,5H2,1-2H3. The second-order valence-electron chi connectivity index (χ2n) is 3.52. The molecule has 0 aliphatic carbocycles. The van der Waals surface area contributed by atoms with Crippen LogP contribution in [0.4, 0.5) is 17.6 Å². The molecule has 5 nitrogen and oxygen atoms in total. The third kappa shape index (κ3) is 4.25. The van der Waals surface area contributed by atoms with Gasteiger partial charge in [0.05, 0.1) is 26.3 Å². The molecule has 0 aromatic carbocycles. The highest BCUT2D eigenvalue weighted by molar-refractivity contribution is 5.74. The van der Waals surface area contributed by atoms with Crippen molar-refractivity contribution in [2.75, 3.05) is 14.2 Å². The molecule has 20 heavy (non-hydrogen) atoms. The number of hydrogen-bond acceptors (Lipinski definition) is 5. The molecule has 0 radical (unpaired) electrons. The van der Waals surface area contributed by atoms with Crippen LogP contribution < -0.4 is 9.47 Å². The maximum atomic E-state index is 12.9. The van der Waals surface area contributed by atoms with Gasteiger partial charge in [-0.25, -0.2) is 9.37 Å². The Morgan fingerprint density at radius 1 is 1.35 bits per heavy atom. The van der Waals surface area contributed by atoms with Gasteiger partial charge in [0.25, 0.3) is 0 Å². The van der Waals surface area contributed by atoms with E-state index in [1.54, 1.807) is 0 Å². The smallest absolute Gasteiger partial charge is 0.481 e. The molecule has 0 atom stereocenters. The van der Waals surface area contributed by atoms with Gasteiger partial charge in [0, 0.05) is 11.6 Å². The summed E-state index contributed by atoms with van der Waals surface area (Å²) in [6.07, 6.45) is -5.59. The normalized spacial score (nSPS) is 11.1. The molecule has 1 heterocycles. The van der Waals surface area contributed by atoms with E-state index in [-0.39, 0.29) is 17.1 Å². The highest BCUT2D eigenvalue weighted by atomic mass is 19.4.